The number of halogens is 1. The van der Waals surface area contributed by atoms with Crippen LogP contribution in [0.15, 0.2) is 18.3 Å². The highest BCUT2D eigenvalue weighted by atomic mass is 35.5. The van der Waals surface area contributed by atoms with Gasteiger partial charge < -0.3 is 4.57 Å². The molecule has 1 atom stereocenters. The molecule has 3 nitrogen and oxygen atoms in total. The van der Waals surface area contributed by atoms with E-state index in [-0.39, 0.29) is 0 Å². The highest BCUT2D eigenvalue weighted by molar-refractivity contribution is 6.16. The van der Waals surface area contributed by atoms with Gasteiger partial charge in [-0.15, -0.1) is 11.6 Å². The Hall–Kier alpha value is -1.09. The van der Waals surface area contributed by atoms with Gasteiger partial charge in [-0.05, 0) is 36.8 Å². The molecule has 0 spiro atoms. The highest BCUT2D eigenvalue weighted by Crippen LogP contribution is 2.44. The van der Waals surface area contributed by atoms with Crippen LogP contribution in [0.25, 0.3) is 11.2 Å². The molecule has 1 aliphatic carbocycles. The fourth-order valence-corrected chi connectivity index (χ4v) is 3.26. The average molecular weight is 264 g/mol. The fourth-order valence-electron chi connectivity index (χ4n) is 3.07. The van der Waals surface area contributed by atoms with Gasteiger partial charge in [-0.1, -0.05) is 13.8 Å². The van der Waals surface area contributed by atoms with E-state index in [2.05, 4.69) is 28.4 Å². The third-order valence-corrected chi connectivity index (χ3v) is 4.19. The van der Waals surface area contributed by atoms with Crippen LogP contribution >= 0.6 is 11.6 Å². The number of rotatable bonds is 2. The first-order valence-electron chi connectivity index (χ1n) is 6.48. The number of alkyl halides is 1. The van der Waals surface area contributed by atoms with Crippen LogP contribution in [0, 0.1) is 5.41 Å². The van der Waals surface area contributed by atoms with Crippen LogP contribution < -0.4 is 0 Å². The summed E-state index contributed by atoms with van der Waals surface area (Å²) in [6.45, 7) is 4.67. The highest BCUT2D eigenvalue weighted by Gasteiger charge is 2.33. The van der Waals surface area contributed by atoms with E-state index in [1.165, 1.54) is 19.3 Å². The summed E-state index contributed by atoms with van der Waals surface area (Å²) in [6.07, 6.45) is 5.46. The molecule has 1 aliphatic rings. The molecule has 0 saturated heterocycles. The molecule has 1 unspecified atom stereocenters. The van der Waals surface area contributed by atoms with Crippen molar-refractivity contribution in [3.8, 4) is 0 Å². The normalized spacial score (nSPS) is 22.7. The van der Waals surface area contributed by atoms with Crippen molar-refractivity contribution in [3.05, 3.63) is 24.2 Å². The quantitative estimate of drug-likeness (QED) is 0.769. The van der Waals surface area contributed by atoms with E-state index in [4.69, 9.17) is 11.6 Å². The summed E-state index contributed by atoms with van der Waals surface area (Å²) in [6, 6.07) is 4.43. The van der Waals surface area contributed by atoms with Gasteiger partial charge in [0.1, 0.15) is 11.3 Å². The lowest BCUT2D eigenvalue weighted by Crippen LogP contribution is -2.12. The number of aromatic nitrogens is 3. The Kier molecular flexibility index (Phi) is 2.81. The smallest absolute Gasteiger partial charge is 0.160 e. The molecular weight excluding hydrogens is 246 g/mol. The molecule has 0 N–H and O–H groups in total. The Bertz CT molecular complexity index is 573. The molecule has 18 heavy (non-hydrogen) atoms. The van der Waals surface area contributed by atoms with E-state index in [0.29, 0.717) is 17.3 Å². The first-order chi connectivity index (χ1) is 8.61. The number of imidazole rings is 1. The molecule has 3 rings (SSSR count). The average Bonchev–Trinajstić information content (AvgIpc) is 2.88. The molecule has 4 heteroatoms. The Balaban J connectivity index is 2.10. The summed E-state index contributed by atoms with van der Waals surface area (Å²) in [7, 11) is 0. The van der Waals surface area contributed by atoms with Crippen molar-refractivity contribution in [3.63, 3.8) is 0 Å². The predicted molar refractivity (Wildman–Crippen MR) is 73.8 cm³/mol. The van der Waals surface area contributed by atoms with E-state index in [0.717, 1.165) is 17.0 Å². The number of pyridine rings is 1. The van der Waals surface area contributed by atoms with Crippen molar-refractivity contribution in [2.45, 2.75) is 45.0 Å². The molecule has 0 amide bonds. The zero-order valence-electron chi connectivity index (χ0n) is 10.9. The minimum absolute atomic E-state index is 0.416. The van der Waals surface area contributed by atoms with Gasteiger partial charge in [-0.2, -0.15) is 0 Å². The van der Waals surface area contributed by atoms with Crippen LogP contribution in [-0.2, 0) is 5.88 Å². The summed E-state index contributed by atoms with van der Waals surface area (Å²) >= 11 is 6.04. The molecule has 0 aromatic carbocycles. The van der Waals surface area contributed by atoms with Crippen LogP contribution in [0.4, 0.5) is 0 Å². The molecule has 1 saturated carbocycles. The molecule has 0 bridgehead atoms. The topological polar surface area (TPSA) is 30.7 Å². The lowest BCUT2D eigenvalue weighted by Gasteiger charge is -2.19. The minimum atomic E-state index is 0.416. The van der Waals surface area contributed by atoms with Gasteiger partial charge in [0, 0.05) is 12.2 Å². The van der Waals surface area contributed by atoms with Gasteiger partial charge >= 0.3 is 0 Å². The third kappa shape index (κ3) is 1.91. The molecule has 2 aromatic heterocycles. The molecule has 0 radical (unpaired) electrons. The Morgan fingerprint density at radius 2 is 2.33 bits per heavy atom. The number of hydrogen-bond acceptors (Lipinski definition) is 2. The van der Waals surface area contributed by atoms with Gasteiger partial charge in [0.25, 0.3) is 0 Å². The summed E-state index contributed by atoms with van der Waals surface area (Å²) in [5.41, 5.74) is 2.35. The van der Waals surface area contributed by atoms with E-state index in [1.807, 2.05) is 18.3 Å². The molecule has 2 aromatic rings. The summed E-state index contributed by atoms with van der Waals surface area (Å²) in [5, 5.41) is 0. The van der Waals surface area contributed by atoms with Gasteiger partial charge in [-0.3, -0.25) is 0 Å². The van der Waals surface area contributed by atoms with Crippen molar-refractivity contribution in [2.24, 2.45) is 5.41 Å². The number of nitrogens with zero attached hydrogens (tertiary/aromatic N) is 3. The van der Waals surface area contributed by atoms with Gasteiger partial charge in [0.05, 0.1) is 5.88 Å². The van der Waals surface area contributed by atoms with E-state index in [9.17, 15) is 0 Å². The van der Waals surface area contributed by atoms with Crippen LogP contribution in [0.2, 0.25) is 0 Å². The van der Waals surface area contributed by atoms with Crippen molar-refractivity contribution >= 4 is 22.8 Å². The maximum Gasteiger partial charge on any atom is 0.160 e. The summed E-state index contributed by atoms with van der Waals surface area (Å²) < 4.78 is 2.26. The van der Waals surface area contributed by atoms with Crippen molar-refractivity contribution in [1.29, 1.82) is 0 Å². The molecular formula is C14H18ClN3. The van der Waals surface area contributed by atoms with Crippen LogP contribution in [0.5, 0.6) is 0 Å². The summed E-state index contributed by atoms with van der Waals surface area (Å²) in [4.78, 5) is 9.08. The SMILES string of the molecule is CC1(C)CCC(n2c(CCl)nc3cccnc32)C1. The first-order valence-corrected chi connectivity index (χ1v) is 7.02. The van der Waals surface area contributed by atoms with Gasteiger partial charge in [0.2, 0.25) is 0 Å². The molecule has 1 fully saturated rings. The third-order valence-electron chi connectivity index (χ3n) is 3.95. The largest absolute Gasteiger partial charge is 0.309 e. The van der Waals surface area contributed by atoms with E-state index < -0.39 is 0 Å². The second-order valence-corrected chi connectivity index (χ2v) is 6.21. The van der Waals surface area contributed by atoms with Gasteiger partial charge in [-0.25, -0.2) is 9.97 Å². The lowest BCUT2D eigenvalue weighted by molar-refractivity contribution is 0.359. The molecule has 96 valence electrons. The fraction of sp³-hybridized carbons (Fsp3) is 0.571. The number of hydrogen-bond donors (Lipinski definition) is 0. The zero-order chi connectivity index (χ0) is 12.8. The van der Waals surface area contributed by atoms with E-state index in [1.54, 1.807) is 0 Å². The lowest BCUT2D eigenvalue weighted by atomic mass is 9.92. The predicted octanol–water partition coefficient (Wildman–Crippen LogP) is 3.92. The van der Waals surface area contributed by atoms with Crippen LogP contribution in [0.1, 0.15) is 45.0 Å². The second-order valence-electron chi connectivity index (χ2n) is 5.94. The summed E-state index contributed by atoms with van der Waals surface area (Å²) in [5.74, 6) is 1.40. The van der Waals surface area contributed by atoms with Crippen LogP contribution in [0.3, 0.4) is 0 Å². The number of fused-ring (bicyclic) bond motifs is 1. The Morgan fingerprint density at radius 3 is 3.00 bits per heavy atom. The van der Waals surface area contributed by atoms with Crippen molar-refractivity contribution in [2.75, 3.05) is 0 Å². The van der Waals surface area contributed by atoms with E-state index >= 15 is 0 Å². The maximum atomic E-state index is 6.04. The minimum Gasteiger partial charge on any atom is -0.309 e. The maximum absolute atomic E-state index is 6.04. The Morgan fingerprint density at radius 1 is 1.50 bits per heavy atom. The zero-order valence-corrected chi connectivity index (χ0v) is 11.6. The molecule has 0 aliphatic heterocycles. The second kappa shape index (κ2) is 4.23. The standard InChI is InChI=1S/C14H18ClN3/c1-14(2)6-5-10(8-14)18-12(9-15)17-11-4-3-7-16-13(11)18/h3-4,7,10H,5-6,8-9H2,1-2H3. The monoisotopic (exact) mass is 263 g/mol. The first kappa shape index (κ1) is 12.0. The molecule has 2 heterocycles. The van der Waals surface area contributed by atoms with Crippen molar-refractivity contribution in [1.82, 2.24) is 14.5 Å². The Labute approximate surface area is 112 Å². The van der Waals surface area contributed by atoms with Gasteiger partial charge in [0.15, 0.2) is 5.65 Å². The van der Waals surface area contributed by atoms with Crippen molar-refractivity contribution < 1.29 is 0 Å². The van der Waals surface area contributed by atoms with Crippen LogP contribution in [-0.4, -0.2) is 14.5 Å².